The molecule has 2 aromatic carbocycles. The zero-order chi connectivity index (χ0) is 11.0. The topological polar surface area (TPSA) is 44.5 Å². The van der Waals surface area contributed by atoms with Gasteiger partial charge in [-0.25, -0.2) is 4.89 Å². The molecule has 1 aliphatic carbocycles. The van der Waals surface area contributed by atoms with E-state index in [-0.39, 0.29) is 6.10 Å². The fourth-order valence-electron chi connectivity index (χ4n) is 2.27. The van der Waals surface area contributed by atoms with Crippen molar-refractivity contribution in [3.8, 4) is 11.1 Å². The van der Waals surface area contributed by atoms with Crippen LogP contribution in [0.4, 0.5) is 0 Å². The molecule has 0 atom stereocenters. The van der Waals surface area contributed by atoms with E-state index in [1.54, 1.807) is 0 Å². The molecule has 80 valence electrons. The molecule has 0 unspecified atom stereocenters. The van der Waals surface area contributed by atoms with Gasteiger partial charge in [0.05, 0.1) is 0 Å². The summed E-state index contributed by atoms with van der Waals surface area (Å²) in [5, 5.41) is 0. The van der Waals surface area contributed by atoms with Crippen molar-refractivity contribution in [3.63, 3.8) is 0 Å². The van der Waals surface area contributed by atoms with Crippen LogP contribution in [0.2, 0.25) is 0 Å². The molecule has 0 saturated carbocycles. The quantitative estimate of drug-likeness (QED) is 0.616. The van der Waals surface area contributed by atoms with Crippen LogP contribution >= 0.6 is 0 Å². The molecule has 2 N–H and O–H groups in total. The fourth-order valence-corrected chi connectivity index (χ4v) is 2.27. The summed E-state index contributed by atoms with van der Waals surface area (Å²) in [5.41, 5.74) is 4.55. The molecule has 0 radical (unpaired) electrons. The highest BCUT2D eigenvalue weighted by Gasteiger charge is 2.29. The maximum absolute atomic E-state index is 5.13. The Morgan fingerprint density at radius 2 is 1.31 bits per heavy atom. The van der Waals surface area contributed by atoms with Crippen molar-refractivity contribution in [2.45, 2.75) is 6.10 Å². The highest BCUT2D eigenvalue weighted by atomic mass is 17.3. The largest absolute Gasteiger partial charge is 0.205 e. The van der Waals surface area contributed by atoms with E-state index in [4.69, 9.17) is 10.8 Å². The summed E-state index contributed by atoms with van der Waals surface area (Å²) in [4.78, 5) is 9.47. The first-order valence-corrected chi connectivity index (χ1v) is 5.12. The second-order valence-corrected chi connectivity index (χ2v) is 3.75. The third-order valence-electron chi connectivity index (χ3n) is 2.93. The van der Waals surface area contributed by atoms with Crippen molar-refractivity contribution in [2.24, 2.45) is 5.90 Å². The zero-order valence-corrected chi connectivity index (χ0v) is 8.59. The number of hydrogen-bond acceptors (Lipinski definition) is 3. The predicted molar refractivity (Wildman–Crippen MR) is 60.1 cm³/mol. The van der Waals surface area contributed by atoms with Gasteiger partial charge in [-0.05, 0) is 22.3 Å². The lowest BCUT2D eigenvalue weighted by molar-refractivity contribution is -0.322. The first kappa shape index (κ1) is 9.54. The molecule has 0 aliphatic heterocycles. The van der Waals surface area contributed by atoms with E-state index in [1.807, 2.05) is 36.4 Å². The van der Waals surface area contributed by atoms with Crippen LogP contribution in [-0.2, 0) is 9.88 Å². The second kappa shape index (κ2) is 3.72. The third kappa shape index (κ3) is 1.27. The maximum atomic E-state index is 5.13. The molecule has 3 rings (SSSR count). The Balaban J connectivity index is 2.21. The summed E-state index contributed by atoms with van der Waals surface area (Å²) >= 11 is 0. The monoisotopic (exact) mass is 213 g/mol. The van der Waals surface area contributed by atoms with Gasteiger partial charge in [0.2, 0.25) is 0 Å². The summed E-state index contributed by atoms with van der Waals surface area (Å²) in [7, 11) is 0. The van der Waals surface area contributed by atoms with Crippen molar-refractivity contribution in [3.05, 3.63) is 59.7 Å². The molecule has 0 fully saturated rings. The van der Waals surface area contributed by atoms with E-state index in [0.717, 1.165) is 11.1 Å². The molecular formula is C13H11NO2. The lowest BCUT2D eigenvalue weighted by Gasteiger charge is -2.10. The summed E-state index contributed by atoms with van der Waals surface area (Å²) in [6.07, 6.45) is -0.225. The lowest BCUT2D eigenvalue weighted by atomic mass is 10.1. The van der Waals surface area contributed by atoms with E-state index >= 15 is 0 Å². The second-order valence-electron chi connectivity index (χ2n) is 3.75. The van der Waals surface area contributed by atoms with Crippen LogP contribution in [0.25, 0.3) is 11.1 Å². The number of nitrogens with two attached hydrogens (primary N) is 1. The van der Waals surface area contributed by atoms with E-state index in [0.29, 0.717) is 0 Å². The van der Waals surface area contributed by atoms with Crippen molar-refractivity contribution < 1.29 is 9.88 Å². The van der Waals surface area contributed by atoms with Gasteiger partial charge >= 0.3 is 0 Å². The molecule has 0 bridgehead atoms. The minimum Gasteiger partial charge on any atom is -0.205 e. The summed E-state index contributed by atoms with van der Waals surface area (Å²) in [6.45, 7) is 0. The summed E-state index contributed by atoms with van der Waals surface area (Å²) in [5.74, 6) is 5.00. The Labute approximate surface area is 93.3 Å². The molecule has 3 heteroatoms. The first-order chi connectivity index (χ1) is 7.92. The average molecular weight is 213 g/mol. The van der Waals surface area contributed by atoms with Crippen LogP contribution in [0.5, 0.6) is 0 Å². The predicted octanol–water partition coefficient (Wildman–Crippen LogP) is 2.58. The first-order valence-electron chi connectivity index (χ1n) is 5.12. The highest BCUT2D eigenvalue weighted by molar-refractivity contribution is 5.77. The van der Waals surface area contributed by atoms with E-state index in [9.17, 15) is 0 Å². The molecule has 0 spiro atoms. The van der Waals surface area contributed by atoms with Gasteiger partial charge in [-0.2, -0.15) is 5.90 Å². The van der Waals surface area contributed by atoms with Crippen LogP contribution < -0.4 is 5.90 Å². The normalized spacial score (nSPS) is 13.6. The highest BCUT2D eigenvalue weighted by Crippen LogP contribution is 2.44. The van der Waals surface area contributed by atoms with Gasteiger partial charge in [0.15, 0.2) is 0 Å². The number of rotatable bonds is 2. The molecule has 3 nitrogen and oxygen atoms in total. The van der Waals surface area contributed by atoms with Gasteiger partial charge in [0.1, 0.15) is 6.10 Å². The zero-order valence-electron chi connectivity index (χ0n) is 8.59. The standard InChI is InChI=1S/C13H11NO2/c14-16-15-13-11-7-3-1-5-9(11)10-6-2-4-8-12(10)13/h1-8,13H,14H2. The van der Waals surface area contributed by atoms with Gasteiger partial charge in [-0.3, -0.25) is 0 Å². The Hall–Kier alpha value is -1.68. The van der Waals surface area contributed by atoms with Crippen molar-refractivity contribution in [2.75, 3.05) is 0 Å². The van der Waals surface area contributed by atoms with Crippen LogP contribution in [0, 0.1) is 0 Å². The third-order valence-corrected chi connectivity index (χ3v) is 2.93. The Bertz CT molecular complexity index is 479. The molecule has 16 heavy (non-hydrogen) atoms. The molecular weight excluding hydrogens is 202 g/mol. The van der Waals surface area contributed by atoms with E-state index in [1.165, 1.54) is 11.1 Å². The minimum atomic E-state index is -0.225. The van der Waals surface area contributed by atoms with Gasteiger partial charge < -0.3 is 0 Å². The molecule has 2 aromatic rings. The average Bonchev–Trinajstić information content (AvgIpc) is 2.66. The number of fused-ring (bicyclic) bond motifs is 3. The van der Waals surface area contributed by atoms with E-state index in [2.05, 4.69) is 17.1 Å². The van der Waals surface area contributed by atoms with Crippen molar-refractivity contribution in [1.82, 2.24) is 0 Å². The van der Waals surface area contributed by atoms with Crippen LogP contribution in [0.3, 0.4) is 0 Å². The molecule has 0 heterocycles. The van der Waals surface area contributed by atoms with Gasteiger partial charge in [-0.15, -0.1) is 4.99 Å². The smallest absolute Gasteiger partial charge is 0.146 e. The van der Waals surface area contributed by atoms with Gasteiger partial charge in [-0.1, -0.05) is 48.5 Å². The van der Waals surface area contributed by atoms with Gasteiger partial charge in [0, 0.05) is 0 Å². The Kier molecular flexibility index (Phi) is 2.22. The number of benzene rings is 2. The Morgan fingerprint density at radius 1 is 0.812 bits per heavy atom. The molecule has 0 aromatic heterocycles. The lowest BCUT2D eigenvalue weighted by Crippen LogP contribution is -2.07. The van der Waals surface area contributed by atoms with Crippen LogP contribution in [-0.4, -0.2) is 0 Å². The number of hydrogen-bond donors (Lipinski definition) is 1. The maximum Gasteiger partial charge on any atom is 0.146 e. The Morgan fingerprint density at radius 3 is 1.81 bits per heavy atom. The molecule has 1 aliphatic rings. The van der Waals surface area contributed by atoms with Crippen molar-refractivity contribution in [1.29, 1.82) is 0 Å². The summed E-state index contributed by atoms with van der Waals surface area (Å²) in [6, 6.07) is 16.2. The molecule has 0 amide bonds. The van der Waals surface area contributed by atoms with Crippen molar-refractivity contribution >= 4 is 0 Å². The van der Waals surface area contributed by atoms with Crippen LogP contribution in [0.15, 0.2) is 48.5 Å². The van der Waals surface area contributed by atoms with Crippen LogP contribution in [0.1, 0.15) is 17.2 Å². The van der Waals surface area contributed by atoms with Gasteiger partial charge in [0.25, 0.3) is 0 Å². The fraction of sp³-hybridized carbons (Fsp3) is 0.0769. The summed E-state index contributed by atoms with van der Waals surface area (Å²) < 4.78 is 0. The van der Waals surface area contributed by atoms with E-state index < -0.39 is 0 Å². The minimum absolute atomic E-state index is 0.225. The SMILES string of the molecule is NOOC1c2ccccc2-c2ccccc21. The molecule has 0 saturated heterocycles.